The SMILES string of the molecule is Cc1cccn2c(=O)cc(Nc3cccc(Cl)c3)nc12. The minimum absolute atomic E-state index is 0.122. The Morgan fingerprint density at radius 3 is 2.85 bits per heavy atom. The third kappa shape index (κ3) is 2.38. The van der Waals surface area contributed by atoms with Crippen molar-refractivity contribution in [3.63, 3.8) is 0 Å². The van der Waals surface area contributed by atoms with Crippen molar-refractivity contribution < 1.29 is 0 Å². The number of fused-ring (bicyclic) bond motifs is 1. The summed E-state index contributed by atoms with van der Waals surface area (Å²) in [5, 5.41) is 3.72. The standard InChI is InChI=1S/C15H12ClN3O/c1-10-4-3-7-19-14(20)9-13(18-15(10)19)17-12-6-2-5-11(16)8-12/h2-9,17H,1H3. The van der Waals surface area contributed by atoms with Crippen LogP contribution < -0.4 is 10.9 Å². The summed E-state index contributed by atoms with van der Waals surface area (Å²) in [5.41, 5.74) is 2.26. The lowest BCUT2D eigenvalue weighted by Gasteiger charge is -2.08. The van der Waals surface area contributed by atoms with E-state index in [0.717, 1.165) is 11.3 Å². The molecule has 5 heteroatoms. The van der Waals surface area contributed by atoms with Crippen molar-refractivity contribution in [2.24, 2.45) is 0 Å². The fourth-order valence-electron chi connectivity index (χ4n) is 2.04. The number of benzene rings is 1. The number of hydrogen-bond donors (Lipinski definition) is 1. The predicted octanol–water partition coefficient (Wildman–Crippen LogP) is 3.40. The molecule has 0 aliphatic heterocycles. The zero-order chi connectivity index (χ0) is 14.1. The maximum Gasteiger partial charge on any atom is 0.259 e. The third-order valence-electron chi connectivity index (χ3n) is 2.98. The average Bonchev–Trinajstić information content (AvgIpc) is 2.40. The molecule has 0 radical (unpaired) electrons. The van der Waals surface area contributed by atoms with E-state index in [9.17, 15) is 4.79 Å². The van der Waals surface area contributed by atoms with Crippen LogP contribution in [-0.4, -0.2) is 9.38 Å². The van der Waals surface area contributed by atoms with Gasteiger partial charge in [-0.15, -0.1) is 0 Å². The minimum Gasteiger partial charge on any atom is -0.340 e. The van der Waals surface area contributed by atoms with E-state index in [1.54, 1.807) is 18.3 Å². The summed E-state index contributed by atoms with van der Waals surface area (Å²) in [6.45, 7) is 1.92. The Bertz CT molecular complexity index is 842. The number of anilines is 2. The molecular formula is C15H12ClN3O. The van der Waals surface area contributed by atoms with Gasteiger partial charge in [0.25, 0.3) is 5.56 Å². The highest BCUT2D eigenvalue weighted by Gasteiger charge is 2.04. The summed E-state index contributed by atoms with van der Waals surface area (Å²) < 4.78 is 1.53. The van der Waals surface area contributed by atoms with E-state index in [1.807, 2.05) is 31.2 Å². The van der Waals surface area contributed by atoms with Crippen LogP contribution in [0.5, 0.6) is 0 Å². The Hall–Kier alpha value is -2.33. The monoisotopic (exact) mass is 285 g/mol. The Balaban J connectivity index is 2.09. The maximum atomic E-state index is 12.1. The minimum atomic E-state index is -0.122. The number of hydrogen-bond acceptors (Lipinski definition) is 3. The highest BCUT2D eigenvalue weighted by atomic mass is 35.5. The number of nitrogens with zero attached hydrogens (tertiary/aromatic N) is 2. The van der Waals surface area contributed by atoms with Gasteiger partial charge in [-0.25, -0.2) is 4.98 Å². The summed E-state index contributed by atoms with van der Waals surface area (Å²) in [4.78, 5) is 16.5. The van der Waals surface area contributed by atoms with Gasteiger partial charge >= 0.3 is 0 Å². The molecule has 0 aliphatic rings. The first-order valence-electron chi connectivity index (χ1n) is 6.15. The van der Waals surface area contributed by atoms with Gasteiger partial charge in [-0.05, 0) is 36.8 Å². The fraction of sp³-hybridized carbons (Fsp3) is 0.0667. The molecule has 20 heavy (non-hydrogen) atoms. The largest absolute Gasteiger partial charge is 0.340 e. The Kier molecular flexibility index (Phi) is 3.16. The summed E-state index contributed by atoms with van der Waals surface area (Å²) >= 11 is 5.94. The van der Waals surface area contributed by atoms with E-state index >= 15 is 0 Å². The first kappa shape index (κ1) is 12.7. The van der Waals surface area contributed by atoms with Crippen molar-refractivity contribution in [1.29, 1.82) is 0 Å². The number of aromatic nitrogens is 2. The summed E-state index contributed by atoms with van der Waals surface area (Å²) in [6.07, 6.45) is 1.71. The Morgan fingerprint density at radius 1 is 1.20 bits per heavy atom. The summed E-state index contributed by atoms with van der Waals surface area (Å²) in [5.74, 6) is 0.506. The molecule has 0 atom stereocenters. The highest BCUT2D eigenvalue weighted by molar-refractivity contribution is 6.30. The van der Waals surface area contributed by atoms with Crippen molar-refractivity contribution in [3.8, 4) is 0 Å². The molecule has 4 nitrogen and oxygen atoms in total. The van der Waals surface area contributed by atoms with Gasteiger partial charge in [0.1, 0.15) is 11.5 Å². The van der Waals surface area contributed by atoms with Gasteiger partial charge in [0.2, 0.25) is 0 Å². The van der Waals surface area contributed by atoms with Gasteiger partial charge in [-0.1, -0.05) is 23.7 Å². The van der Waals surface area contributed by atoms with Gasteiger partial charge in [0, 0.05) is 23.0 Å². The van der Waals surface area contributed by atoms with E-state index in [4.69, 9.17) is 11.6 Å². The van der Waals surface area contributed by atoms with E-state index < -0.39 is 0 Å². The molecule has 2 heterocycles. The second kappa shape index (κ2) is 4.98. The Labute approximate surface area is 120 Å². The number of halogens is 1. The molecule has 0 saturated heterocycles. The Morgan fingerprint density at radius 2 is 2.05 bits per heavy atom. The van der Waals surface area contributed by atoms with Crippen molar-refractivity contribution in [3.05, 3.63) is 69.6 Å². The molecule has 0 unspecified atom stereocenters. The quantitative estimate of drug-likeness (QED) is 0.785. The van der Waals surface area contributed by atoms with Crippen molar-refractivity contribution in [2.45, 2.75) is 6.92 Å². The molecule has 0 amide bonds. The van der Waals surface area contributed by atoms with Crippen molar-refractivity contribution >= 4 is 28.8 Å². The van der Waals surface area contributed by atoms with Crippen molar-refractivity contribution in [2.75, 3.05) is 5.32 Å². The molecule has 0 fully saturated rings. The zero-order valence-corrected chi connectivity index (χ0v) is 11.6. The fourth-order valence-corrected chi connectivity index (χ4v) is 2.23. The molecule has 3 aromatic rings. The van der Waals surface area contributed by atoms with Crippen LogP contribution in [0.25, 0.3) is 5.65 Å². The van der Waals surface area contributed by atoms with E-state index in [-0.39, 0.29) is 5.56 Å². The van der Waals surface area contributed by atoms with Crippen LogP contribution >= 0.6 is 11.6 Å². The van der Waals surface area contributed by atoms with Gasteiger partial charge in [0.05, 0.1) is 0 Å². The van der Waals surface area contributed by atoms with Crippen molar-refractivity contribution in [1.82, 2.24) is 9.38 Å². The summed E-state index contributed by atoms with van der Waals surface area (Å²) in [7, 11) is 0. The molecule has 0 spiro atoms. The first-order chi connectivity index (χ1) is 9.63. The van der Waals surface area contributed by atoms with Crippen LogP contribution in [0.15, 0.2) is 53.5 Å². The van der Waals surface area contributed by atoms with Gasteiger partial charge in [-0.3, -0.25) is 9.20 Å². The molecule has 1 N–H and O–H groups in total. The van der Waals surface area contributed by atoms with Gasteiger partial charge < -0.3 is 5.32 Å². The smallest absolute Gasteiger partial charge is 0.259 e. The molecule has 3 rings (SSSR count). The topological polar surface area (TPSA) is 46.4 Å². The van der Waals surface area contributed by atoms with Crippen LogP contribution in [0, 0.1) is 6.92 Å². The summed E-state index contributed by atoms with van der Waals surface area (Å²) in [6, 6.07) is 12.5. The molecule has 0 aliphatic carbocycles. The third-order valence-corrected chi connectivity index (χ3v) is 3.22. The second-order valence-corrected chi connectivity index (χ2v) is 4.94. The molecule has 1 aromatic carbocycles. The lowest BCUT2D eigenvalue weighted by molar-refractivity contribution is 1.03. The lowest BCUT2D eigenvalue weighted by Crippen LogP contribution is -2.15. The van der Waals surface area contributed by atoms with Gasteiger partial charge in [0.15, 0.2) is 0 Å². The maximum absolute atomic E-state index is 12.1. The number of nitrogens with one attached hydrogen (secondary N) is 1. The number of pyridine rings is 1. The normalized spacial score (nSPS) is 10.7. The van der Waals surface area contributed by atoms with E-state index in [1.165, 1.54) is 10.5 Å². The van der Waals surface area contributed by atoms with E-state index in [2.05, 4.69) is 10.3 Å². The van der Waals surface area contributed by atoms with Crippen LogP contribution in [0.1, 0.15) is 5.56 Å². The molecular weight excluding hydrogens is 274 g/mol. The van der Waals surface area contributed by atoms with E-state index in [0.29, 0.717) is 16.5 Å². The molecule has 2 aromatic heterocycles. The number of aryl methyl sites for hydroxylation is 1. The highest BCUT2D eigenvalue weighted by Crippen LogP contribution is 2.18. The molecule has 100 valence electrons. The van der Waals surface area contributed by atoms with Crippen LogP contribution in [0.2, 0.25) is 5.02 Å². The van der Waals surface area contributed by atoms with Crippen LogP contribution in [0.3, 0.4) is 0 Å². The second-order valence-electron chi connectivity index (χ2n) is 4.50. The number of rotatable bonds is 2. The van der Waals surface area contributed by atoms with Gasteiger partial charge in [-0.2, -0.15) is 0 Å². The predicted molar refractivity (Wildman–Crippen MR) is 80.9 cm³/mol. The zero-order valence-electron chi connectivity index (χ0n) is 10.8. The molecule has 0 bridgehead atoms. The van der Waals surface area contributed by atoms with Crippen LogP contribution in [-0.2, 0) is 0 Å². The average molecular weight is 286 g/mol. The van der Waals surface area contributed by atoms with Crippen LogP contribution in [0.4, 0.5) is 11.5 Å². The lowest BCUT2D eigenvalue weighted by atomic mass is 10.3. The molecule has 0 saturated carbocycles. The first-order valence-corrected chi connectivity index (χ1v) is 6.53.